The van der Waals surface area contributed by atoms with E-state index in [4.69, 9.17) is 9.47 Å². The lowest BCUT2D eigenvalue weighted by molar-refractivity contribution is -0.940. The quantitative estimate of drug-likeness (QED) is 0.124. The zero-order chi connectivity index (χ0) is 34.7. The zero-order valence-electron chi connectivity index (χ0n) is 28.9. The number of likely N-dealkylation sites (N-methyl/N-ethyl adjacent to an activating group) is 1. The minimum atomic E-state index is -0.943. The number of pyridine rings is 1. The Kier molecular flexibility index (Phi) is 9.41. The first-order valence-corrected chi connectivity index (χ1v) is 17.2. The van der Waals surface area contributed by atoms with Gasteiger partial charge in [-0.15, -0.1) is 5.52 Å². The summed E-state index contributed by atoms with van der Waals surface area (Å²) >= 11 is 0. The number of alkyl carbamates (subject to hydrolysis) is 1. The van der Waals surface area contributed by atoms with Crippen molar-refractivity contribution >= 4 is 33.9 Å². The molecule has 2 unspecified atom stereocenters. The van der Waals surface area contributed by atoms with Gasteiger partial charge >= 0.3 is 12.1 Å². The van der Waals surface area contributed by atoms with Crippen LogP contribution in [-0.4, -0.2) is 52.5 Å². The van der Waals surface area contributed by atoms with Gasteiger partial charge in [0.1, 0.15) is 19.2 Å². The number of amides is 1. The third kappa shape index (κ3) is 7.28. The number of aryl methyl sites for hydroxylation is 4. The molecule has 0 radical (unpaired) electrons. The summed E-state index contributed by atoms with van der Waals surface area (Å²) in [6.07, 6.45) is 5.07. The van der Waals surface area contributed by atoms with Crippen molar-refractivity contribution in [3.05, 3.63) is 137 Å². The van der Waals surface area contributed by atoms with Gasteiger partial charge in [0.25, 0.3) is 0 Å². The van der Waals surface area contributed by atoms with Gasteiger partial charge in [-0.3, -0.25) is 9.47 Å². The Morgan fingerprint density at radius 2 is 1.78 bits per heavy atom. The molecule has 2 atom stereocenters. The number of aromatic nitrogens is 3. The summed E-state index contributed by atoms with van der Waals surface area (Å²) in [6.45, 7) is 6.84. The normalized spacial score (nSPS) is 16.2. The Morgan fingerprint density at radius 3 is 2.60 bits per heavy atom. The van der Waals surface area contributed by atoms with E-state index in [1.165, 1.54) is 33.3 Å². The number of hydrogen-bond acceptors (Lipinski definition) is 5. The fraction of sp³-hybridized carbons (Fsp3) is 0.293. The van der Waals surface area contributed by atoms with E-state index in [2.05, 4.69) is 64.2 Å². The first-order chi connectivity index (χ1) is 24.2. The van der Waals surface area contributed by atoms with Gasteiger partial charge in [0.05, 0.1) is 13.6 Å². The van der Waals surface area contributed by atoms with Crippen LogP contribution in [0.25, 0.3) is 21.8 Å². The Morgan fingerprint density at radius 1 is 0.960 bits per heavy atom. The van der Waals surface area contributed by atoms with Crippen molar-refractivity contribution in [3.8, 4) is 0 Å². The molecule has 0 saturated carbocycles. The topological polar surface area (TPSA) is 96.5 Å². The number of nitrogens with zero attached hydrogens (tertiary/aromatic N) is 4. The highest BCUT2D eigenvalue weighted by Gasteiger charge is 2.34. The molecule has 4 heterocycles. The molecule has 1 amide bonds. The molecule has 0 bridgehead atoms. The largest absolute Gasteiger partial charge is 0.663 e. The summed E-state index contributed by atoms with van der Waals surface area (Å²) in [7, 11) is 2.13. The SMILES string of the molecule is Cc1ccc2c(c1)c1c(n2CCc2ccc(C)nc2)CC[N+](C)(COC(=O)NC(Cc2c[n-]c3ccccc23)C(=O)OCc2ccccc2)C1. The summed E-state index contributed by atoms with van der Waals surface area (Å²) in [4.78, 5) is 35.8. The van der Waals surface area contributed by atoms with Crippen LogP contribution in [0.5, 0.6) is 0 Å². The number of nitrogens with one attached hydrogen (secondary N) is 1. The van der Waals surface area contributed by atoms with Crippen LogP contribution >= 0.6 is 0 Å². The van der Waals surface area contributed by atoms with Crippen LogP contribution in [0.2, 0.25) is 0 Å². The van der Waals surface area contributed by atoms with Gasteiger partial charge in [0.15, 0.2) is 0 Å². The highest BCUT2D eigenvalue weighted by atomic mass is 16.6. The summed E-state index contributed by atoms with van der Waals surface area (Å²) in [6, 6.07) is 27.2. The molecular weight excluding hydrogens is 626 g/mol. The summed E-state index contributed by atoms with van der Waals surface area (Å²) < 4.78 is 14.6. The number of carbonyl (C=O) groups is 2. The van der Waals surface area contributed by atoms with Crippen LogP contribution in [-0.2, 0) is 53.2 Å². The van der Waals surface area contributed by atoms with Crippen molar-refractivity contribution in [1.82, 2.24) is 19.9 Å². The molecule has 1 N–H and O–H groups in total. The molecule has 1 aliphatic rings. The molecule has 0 aliphatic carbocycles. The molecule has 3 aromatic carbocycles. The molecule has 0 spiro atoms. The van der Waals surface area contributed by atoms with E-state index in [0.717, 1.165) is 60.2 Å². The van der Waals surface area contributed by atoms with Gasteiger partial charge < -0.3 is 24.3 Å². The predicted molar refractivity (Wildman–Crippen MR) is 193 cm³/mol. The van der Waals surface area contributed by atoms with Crippen LogP contribution < -0.4 is 10.3 Å². The first-order valence-electron chi connectivity index (χ1n) is 17.2. The monoisotopic (exact) mass is 669 g/mol. The smallest absolute Gasteiger partial charge is 0.412 e. The number of benzene rings is 3. The second kappa shape index (κ2) is 14.2. The van der Waals surface area contributed by atoms with Gasteiger partial charge in [-0.25, -0.2) is 9.59 Å². The number of rotatable bonds is 11. The maximum atomic E-state index is 13.4. The second-order valence-electron chi connectivity index (χ2n) is 13.8. The van der Waals surface area contributed by atoms with Gasteiger partial charge in [0, 0.05) is 53.4 Å². The molecular formula is C41H43N5O4. The third-order valence-corrected chi connectivity index (χ3v) is 9.81. The highest BCUT2D eigenvalue weighted by molar-refractivity contribution is 5.87. The Hall–Kier alpha value is -5.41. The van der Waals surface area contributed by atoms with Crippen LogP contribution in [0, 0.1) is 13.8 Å². The lowest BCUT2D eigenvalue weighted by atomic mass is 10.0. The summed E-state index contributed by atoms with van der Waals surface area (Å²) in [5.74, 6) is -0.524. The van der Waals surface area contributed by atoms with Crippen molar-refractivity contribution in [2.45, 2.75) is 58.8 Å². The van der Waals surface area contributed by atoms with Gasteiger partial charge in [-0.2, -0.15) is 6.20 Å². The molecule has 1 aliphatic heterocycles. The molecule has 6 aromatic rings. The first kappa shape index (κ1) is 33.1. The lowest BCUT2D eigenvalue weighted by Gasteiger charge is -2.37. The lowest BCUT2D eigenvalue weighted by Crippen LogP contribution is -2.51. The molecule has 3 aromatic heterocycles. The van der Waals surface area contributed by atoms with Crippen LogP contribution in [0.1, 0.15) is 39.2 Å². The van der Waals surface area contributed by atoms with Gasteiger partial charge in [-0.1, -0.05) is 77.9 Å². The zero-order valence-corrected chi connectivity index (χ0v) is 28.9. The number of para-hydroxylation sites is 1. The molecule has 0 saturated heterocycles. The van der Waals surface area contributed by atoms with E-state index in [1.807, 2.05) is 67.7 Å². The maximum Gasteiger partial charge on any atom is 0.412 e. The Bertz CT molecular complexity index is 2140. The van der Waals surface area contributed by atoms with Crippen molar-refractivity contribution < 1.29 is 23.5 Å². The fourth-order valence-electron chi connectivity index (χ4n) is 7.02. The van der Waals surface area contributed by atoms with Crippen molar-refractivity contribution in [2.24, 2.45) is 0 Å². The number of quaternary nitrogens is 1. The Balaban J connectivity index is 1.05. The number of esters is 1. The summed E-state index contributed by atoms with van der Waals surface area (Å²) in [5.41, 5.74) is 9.92. The van der Waals surface area contributed by atoms with E-state index in [-0.39, 0.29) is 19.8 Å². The van der Waals surface area contributed by atoms with E-state index >= 15 is 0 Å². The minimum Gasteiger partial charge on any atom is -0.663 e. The molecule has 9 nitrogen and oxygen atoms in total. The fourth-order valence-corrected chi connectivity index (χ4v) is 7.02. The molecule has 9 heteroatoms. The standard InChI is InChI=1S/C41H43N5O4/c1-28-13-16-38-34(21-28)35-25-46(3,20-18-39(35)45(38)19-17-30-15-14-29(2)42-23-30)27-50-41(48)44-37(40(47)49-26-31-9-5-4-6-10-31)22-32-24-43-36-12-8-7-11-33(32)36/h4-16,21,23-24,37H,17-20,22,25-27H2,1-3H3,(H,44,48). The Labute approximate surface area is 292 Å². The predicted octanol–water partition coefficient (Wildman–Crippen LogP) is 6.55. The van der Waals surface area contributed by atoms with E-state index < -0.39 is 18.1 Å². The van der Waals surface area contributed by atoms with Gasteiger partial charge in [0.2, 0.25) is 6.73 Å². The minimum absolute atomic E-state index is 0.110. The molecule has 256 valence electrons. The van der Waals surface area contributed by atoms with E-state index in [1.54, 1.807) is 6.20 Å². The average molecular weight is 670 g/mol. The van der Waals surface area contributed by atoms with E-state index in [9.17, 15) is 9.59 Å². The van der Waals surface area contributed by atoms with Crippen LogP contribution in [0.15, 0.2) is 97.3 Å². The number of carbonyl (C=O) groups excluding carboxylic acids is 2. The molecule has 50 heavy (non-hydrogen) atoms. The van der Waals surface area contributed by atoms with Crippen molar-refractivity contribution in [2.75, 3.05) is 20.3 Å². The number of hydrogen-bond donors (Lipinski definition) is 1. The highest BCUT2D eigenvalue weighted by Crippen LogP contribution is 2.34. The van der Waals surface area contributed by atoms with Crippen molar-refractivity contribution in [1.29, 1.82) is 0 Å². The molecule has 7 rings (SSSR count). The maximum absolute atomic E-state index is 13.4. The number of fused-ring (bicyclic) bond motifs is 4. The third-order valence-electron chi connectivity index (χ3n) is 9.81. The van der Waals surface area contributed by atoms with Crippen molar-refractivity contribution in [3.63, 3.8) is 0 Å². The second-order valence-corrected chi connectivity index (χ2v) is 13.8. The van der Waals surface area contributed by atoms with Crippen LogP contribution in [0.3, 0.4) is 0 Å². The average Bonchev–Trinajstić information content (AvgIpc) is 3.67. The summed E-state index contributed by atoms with van der Waals surface area (Å²) in [5, 5.41) is 5.02. The number of ether oxygens (including phenoxy) is 2. The van der Waals surface area contributed by atoms with Gasteiger partial charge in [-0.05, 0) is 55.0 Å². The van der Waals surface area contributed by atoms with E-state index in [0.29, 0.717) is 4.48 Å². The van der Waals surface area contributed by atoms with Crippen LogP contribution in [0.4, 0.5) is 4.79 Å². The molecule has 0 fully saturated rings.